The number of likely N-dealkylation sites (tertiary alicyclic amines) is 1. The van der Waals surface area contributed by atoms with Crippen LogP contribution in [0.3, 0.4) is 0 Å². The average molecular weight is 190 g/mol. The van der Waals surface area contributed by atoms with Crippen molar-refractivity contribution in [3.8, 4) is 0 Å². The Labute approximate surface area is 76.8 Å². The third-order valence-electron chi connectivity index (χ3n) is 1.56. The van der Waals surface area contributed by atoms with Crippen molar-refractivity contribution in [1.82, 2.24) is 4.90 Å². The second-order valence-corrected chi connectivity index (χ2v) is 4.37. The van der Waals surface area contributed by atoms with Gasteiger partial charge < -0.3 is 4.74 Å². The van der Waals surface area contributed by atoms with Crippen molar-refractivity contribution in [2.75, 3.05) is 13.1 Å². The lowest BCUT2D eigenvalue weighted by Crippen LogP contribution is -2.66. The van der Waals surface area contributed by atoms with Gasteiger partial charge in [0.1, 0.15) is 5.60 Å². The van der Waals surface area contributed by atoms with Crippen molar-refractivity contribution < 1.29 is 13.9 Å². The van der Waals surface area contributed by atoms with Crippen LogP contribution in [0, 0.1) is 0 Å². The molecule has 76 valence electrons. The molecule has 1 amide bonds. The number of carbonyl (C=O) groups excluding carboxylic acids is 1. The lowest BCUT2D eigenvalue weighted by Gasteiger charge is -2.41. The lowest BCUT2D eigenvalue weighted by molar-refractivity contribution is -0.0477. The molecule has 13 heavy (non-hydrogen) atoms. The summed E-state index contributed by atoms with van der Waals surface area (Å²) in [6, 6.07) is 0. The van der Waals surface area contributed by atoms with Gasteiger partial charge in [0.15, 0.2) is 5.79 Å². The number of rotatable bonds is 0. The SMILES string of the molecule is CC(C)(C)OC(=O)N1CC(N)(F)C1. The largest absolute Gasteiger partial charge is 0.444 e. The molecule has 4 nitrogen and oxygen atoms in total. The van der Waals surface area contributed by atoms with E-state index >= 15 is 0 Å². The van der Waals surface area contributed by atoms with Crippen LogP contribution in [0.5, 0.6) is 0 Å². The summed E-state index contributed by atoms with van der Waals surface area (Å²) in [6.07, 6.45) is -0.508. The highest BCUT2D eigenvalue weighted by Crippen LogP contribution is 2.21. The molecule has 0 atom stereocenters. The molecule has 0 radical (unpaired) electrons. The van der Waals surface area contributed by atoms with Gasteiger partial charge in [-0.05, 0) is 20.8 Å². The smallest absolute Gasteiger partial charge is 0.410 e. The topological polar surface area (TPSA) is 55.6 Å². The summed E-state index contributed by atoms with van der Waals surface area (Å²) in [5, 5.41) is 0. The molecule has 0 aromatic carbocycles. The minimum atomic E-state index is -1.73. The van der Waals surface area contributed by atoms with Gasteiger partial charge in [0, 0.05) is 0 Å². The van der Waals surface area contributed by atoms with Crippen molar-refractivity contribution in [3.63, 3.8) is 0 Å². The normalized spacial score (nSPS) is 20.8. The quantitative estimate of drug-likeness (QED) is 0.576. The molecule has 1 heterocycles. The van der Waals surface area contributed by atoms with E-state index in [0.29, 0.717) is 0 Å². The van der Waals surface area contributed by atoms with Crippen LogP contribution in [0.15, 0.2) is 0 Å². The maximum Gasteiger partial charge on any atom is 0.410 e. The molecular weight excluding hydrogens is 175 g/mol. The number of halogens is 1. The van der Waals surface area contributed by atoms with Gasteiger partial charge in [-0.25, -0.2) is 9.18 Å². The van der Waals surface area contributed by atoms with Gasteiger partial charge in [0.2, 0.25) is 0 Å². The van der Waals surface area contributed by atoms with E-state index in [1.54, 1.807) is 20.8 Å². The molecule has 1 aliphatic heterocycles. The maximum atomic E-state index is 12.8. The number of nitrogens with two attached hydrogens (primary N) is 1. The first-order chi connectivity index (χ1) is 5.70. The zero-order valence-electron chi connectivity index (χ0n) is 8.13. The summed E-state index contributed by atoms with van der Waals surface area (Å²) in [6.45, 7) is 5.12. The highest BCUT2D eigenvalue weighted by molar-refractivity contribution is 5.69. The van der Waals surface area contributed by atoms with Gasteiger partial charge in [-0.1, -0.05) is 0 Å². The maximum absolute atomic E-state index is 12.8. The van der Waals surface area contributed by atoms with E-state index in [4.69, 9.17) is 10.5 Å². The first kappa shape index (κ1) is 10.2. The Morgan fingerprint density at radius 2 is 2.00 bits per heavy atom. The van der Waals surface area contributed by atoms with Crippen LogP contribution < -0.4 is 5.73 Å². The van der Waals surface area contributed by atoms with Crippen molar-refractivity contribution in [1.29, 1.82) is 0 Å². The summed E-state index contributed by atoms with van der Waals surface area (Å²) in [4.78, 5) is 12.5. The van der Waals surface area contributed by atoms with Crippen LogP contribution in [-0.4, -0.2) is 35.5 Å². The van der Waals surface area contributed by atoms with Gasteiger partial charge in [-0.2, -0.15) is 0 Å². The number of amides is 1. The van der Waals surface area contributed by atoms with Crippen LogP contribution >= 0.6 is 0 Å². The molecule has 0 bridgehead atoms. The Hall–Kier alpha value is -0.840. The van der Waals surface area contributed by atoms with Crippen LogP contribution in [0.25, 0.3) is 0 Å². The van der Waals surface area contributed by atoms with E-state index < -0.39 is 17.5 Å². The molecule has 0 aromatic heterocycles. The Kier molecular flexibility index (Phi) is 2.23. The lowest BCUT2D eigenvalue weighted by atomic mass is 10.1. The van der Waals surface area contributed by atoms with Crippen molar-refractivity contribution in [2.45, 2.75) is 32.2 Å². The van der Waals surface area contributed by atoms with E-state index in [1.807, 2.05) is 0 Å². The zero-order valence-corrected chi connectivity index (χ0v) is 8.13. The molecule has 1 rings (SSSR count). The minimum absolute atomic E-state index is 0.0814. The monoisotopic (exact) mass is 190 g/mol. The summed E-state index contributed by atoms with van der Waals surface area (Å²) in [5.74, 6) is -1.73. The highest BCUT2D eigenvalue weighted by Gasteiger charge is 2.43. The molecule has 0 saturated carbocycles. The first-order valence-electron chi connectivity index (χ1n) is 4.15. The van der Waals surface area contributed by atoms with E-state index in [9.17, 15) is 9.18 Å². The summed E-state index contributed by atoms with van der Waals surface area (Å²) >= 11 is 0. The molecule has 5 heteroatoms. The predicted molar refractivity (Wildman–Crippen MR) is 45.8 cm³/mol. The van der Waals surface area contributed by atoms with Crippen molar-refractivity contribution in [2.24, 2.45) is 5.73 Å². The van der Waals surface area contributed by atoms with Gasteiger partial charge in [0.25, 0.3) is 0 Å². The van der Waals surface area contributed by atoms with Gasteiger partial charge in [-0.15, -0.1) is 0 Å². The van der Waals surface area contributed by atoms with E-state index in [0.717, 1.165) is 0 Å². The molecule has 1 saturated heterocycles. The fraction of sp³-hybridized carbons (Fsp3) is 0.875. The van der Waals surface area contributed by atoms with Crippen molar-refractivity contribution in [3.05, 3.63) is 0 Å². The fourth-order valence-electron chi connectivity index (χ4n) is 1.04. The second kappa shape index (κ2) is 2.83. The molecular formula is C8H15FN2O2. The molecule has 0 aromatic rings. The zero-order chi connectivity index (χ0) is 10.3. The summed E-state index contributed by atoms with van der Waals surface area (Å²) in [7, 11) is 0. The standard InChI is InChI=1S/C8H15FN2O2/c1-7(2,3)13-6(12)11-4-8(9,10)5-11/h4-5,10H2,1-3H3. The number of nitrogens with zero attached hydrogens (tertiary/aromatic N) is 1. The Morgan fingerprint density at radius 1 is 1.54 bits per heavy atom. The Balaban J connectivity index is 2.36. The fourth-order valence-corrected chi connectivity index (χ4v) is 1.04. The van der Waals surface area contributed by atoms with Crippen LogP contribution in [0.2, 0.25) is 0 Å². The third kappa shape index (κ3) is 2.84. The highest BCUT2D eigenvalue weighted by atomic mass is 19.1. The molecule has 1 fully saturated rings. The minimum Gasteiger partial charge on any atom is -0.444 e. The van der Waals surface area contributed by atoms with E-state index in [-0.39, 0.29) is 13.1 Å². The van der Waals surface area contributed by atoms with Crippen molar-refractivity contribution >= 4 is 6.09 Å². The van der Waals surface area contributed by atoms with E-state index in [1.165, 1.54) is 4.90 Å². The van der Waals surface area contributed by atoms with E-state index in [2.05, 4.69) is 0 Å². The molecule has 0 spiro atoms. The number of carbonyl (C=O) groups is 1. The molecule has 1 aliphatic rings. The molecule has 0 unspecified atom stereocenters. The first-order valence-corrected chi connectivity index (χ1v) is 4.15. The van der Waals surface area contributed by atoms with Gasteiger partial charge >= 0.3 is 6.09 Å². The third-order valence-corrected chi connectivity index (χ3v) is 1.56. The molecule has 2 N–H and O–H groups in total. The predicted octanol–water partition coefficient (Wildman–Crippen LogP) is 0.862. The average Bonchev–Trinajstić information content (AvgIpc) is 1.77. The summed E-state index contributed by atoms with van der Waals surface area (Å²) in [5.41, 5.74) is 4.56. The number of hydrogen-bond donors (Lipinski definition) is 1. The molecule has 0 aliphatic carbocycles. The van der Waals surface area contributed by atoms with Gasteiger partial charge in [-0.3, -0.25) is 10.6 Å². The Morgan fingerprint density at radius 3 is 2.31 bits per heavy atom. The number of hydrogen-bond acceptors (Lipinski definition) is 3. The Bertz CT molecular complexity index is 215. The summed E-state index contributed by atoms with van der Waals surface area (Å²) < 4.78 is 17.8. The number of ether oxygens (including phenoxy) is 1. The second-order valence-electron chi connectivity index (χ2n) is 4.37. The van der Waals surface area contributed by atoms with Crippen LogP contribution in [0.1, 0.15) is 20.8 Å². The van der Waals surface area contributed by atoms with Gasteiger partial charge in [0.05, 0.1) is 13.1 Å². The number of alkyl halides is 1. The van der Waals surface area contributed by atoms with Crippen LogP contribution in [0.4, 0.5) is 9.18 Å². The van der Waals surface area contributed by atoms with Crippen LogP contribution in [-0.2, 0) is 4.74 Å².